The van der Waals surface area contributed by atoms with Crippen molar-refractivity contribution in [1.29, 1.82) is 0 Å². The topological polar surface area (TPSA) is 38.7 Å². The van der Waals surface area contributed by atoms with Gasteiger partial charge in [-0.2, -0.15) is 4.40 Å². The van der Waals surface area contributed by atoms with Crippen LogP contribution in [0.1, 0.15) is 31.9 Å². The molecule has 0 unspecified atom stereocenters. The Morgan fingerprint density at radius 2 is 2.00 bits per heavy atom. The van der Waals surface area contributed by atoms with Gasteiger partial charge in [0.1, 0.15) is 16.7 Å². The largest absolute Gasteiger partial charge is 0.497 e. The Balaban J connectivity index is 2.89. The average molecular weight is 253 g/mol. The third-order valence-electron chi connectivity index (χ3n) is 2.29. The monoisotopic (exact) mass is 253 g/mol. The first-order chi connectivity index (χ1) is 7.84. The molecule has 0 saturated carbocycles. The number of benzene rings is 1. The lowest BCUT2D eigenvalue weighted by Crippen LogP contribution is -2.19. The van der Waals surface area contributed by atoms with Crippen molar-refractivity contribution < 1.29 is 8.95 Å². The molecule has 0 bridgehead atoms. The summed E-state index contributed by atoms with van der Waals surface area (Å²) >= 11 is 0. The van der Waals surface area contributed by atoms with Gasteiger partial charge in [0.2, 0.25) is 0 Å². The summed E-state index contributed by atoms with van der Waals surface area (Å²) in [7, 11) is 0.421. The van der Waals surface area contributed by atoms with Crippen LogP contribution in [0.25, 0.3) is 0 Å². The van der Waals surface area contributed by atoms with Crippen molar-refractivity contribution in [2.24, 2.45) is 4.40 Å². The fourth-order valence-corrected chi connectivity index (χ4v) is 1.71. The van der Waals surface area contributed by atoms with E-state index < -0.39 is 11.0 Å². The molecule has 0 N–H and O–H groups in total. The first kappa shape index (κ1) is 13.9. The molecule has 0 saturated heterocycles. The van der Waals surface area contributed by atoms with Crippen molar-refractivity contribution in [3.63, 3.8) is 0 Å². The van der Waals surface area contributed by atoms with Crippen molar-refractivity contribution >= 4 is 17.2 Å². The molecule has 0 aromatic heterocycles. The van der Waals surface area contributed by atoms with Crippen LogP contribution in [-0.2, 0) is 11.0 Å². The van der Waals surface area contributed by atoms with Crippen LogP contribution in [0, 0.1) is 6.92 Å². The zero-order valence-electron chi connectivity index (χ0n) is 11.0. The first-order valence-electron chi connectivity index (χ1n) is 5.45. The minimum absolute atomic E-state index is 0.323. The van der Waals surface area contributed by atoms with Gasteiger partial charge in [0.25, 0.3) is 0 Å². The SMILES string of the molecule is COc1ccc(C=N[S@@](=O)C(C)(C)C)c(C)c1. The van der Waals surface area contributed by atoms with Crippen LogP contribution in [0.4, 0.5) is 0 Å². The molecule has 3 nitrogen and oxygen atoms in total. The summed E-state index contributed by atoms with van der Waals surface area (Å²) < 4.78 is 20.7. The highest BCUT2D eigenvalue weighted by Gasteiger charge is 2.18. The van der Waals surface area contributed by atoms with Gasteiger partial charge in [-0.1, -0.05) is 0 Å². The Bertz CT molecular complexity index is 447. The normalized spacial score (nSPS) is 13.9. The lowest BCUT2D eigenvalue weighted by atomic mass is 10.1. The fourth-order valence-electron chi connectivity index (χ4n) is 1.18. The van der Waals surface area contributed by atoms with E-state index in [1.807, 2.05) is 45.9 Å². The average Bonchev–Trinajstić information content (AvgIpc) is 2.25. The minimum atomic E-state index is -1.22. The molecule has 0 fully saturated rings. The summed E-state index contributed by atoms with van der Waals surface area (Å²) in [6.45, 7) is 7.69. The molecule has 1 aromatic carbocycles. The number of hydrogen-bond acceptors (Lipinski definition) is 2. The summed E-state index contributed by atoms with van der Waals surface area (Å²) in [5.41, 5.74) is 2.02. The Kier molecular flexibility index (Phi) is 4.46. The molecule has 17 heavy (non-hydrogen) atoms. The van der Waals surface area contributed by atoms with E-state index in [4.69, 9.17) is 4.74 Å². The highest BCUT2D eigenvalue weighted by Crippen LogP contribution is 2.16. The number of aryl methyl sites for hydroxylation is 1. The van der Waals surface area contributed by atoms with Crippen LogP contribution in [0.5, 0.6) is 5.75 Å². The second-order valence-corrected chi connectivity index (χ2v) is 6.75. The molecule has 4 heteroatoms. The van der Waals surface area contributed by atoms with Crippen LogP contribution in [0.3, 0.4) is 0 Å². The van der Waals surface area contributed by atoms with E-state index >= 15 is 0 Å². The molecule has 0 spiro atoms. The quantitative estimate of drug-likeness (QED) is 0.777. The summed E-state index contributed by atoms with van der Waals surface area (Å²) in [4.78, 5) is 0. The van der Waals surface area contributed by atoms with Gasteiger partial charge >= 0.3 is 0 Å². The maximum absolute atomic E-state index is 11.8. The van der Waals surface area contributed by atoms with Crippen molar-refractivity contribution in [1.82, 2.24) is 0 Å². The standard InChI is InChI=1S/C13H19NO2S/c1-10-8-12(16-5)7-6-11(10)9-14-17(15)13(2,3)4/h6-9H,1-5H3/t17-/m0/s1. The first-order valence-corrected chi connectivity index (χ1v) is 6.56. The molecule has 0 amide bonds. The predicted octanol–water partition coefficient (Wildman–Crippen LogP) is 2.88. The van der Waals surface area contributed by atoms with Gasteiger partial charge in [-0.05, 0) is 57.0 Å². The number of rotatable bonds is 3. The third kappa shape index (κ3) is 3.97. The third-order valence-corrected chi connectivity index (χ3v) is 3.63. The van der Waals surface area contributed by atoms with Gasteiger partial charge in [0.15, 0.2) is 0 Å². The van der Waals surface area contributed by atoms with Crippen molar-refractivity contribution in [3.05, 3.63) is 29.3 Å². The molecule has 1 atom stereocenters. The lowest BCUT2D eigenvalue weighted by Gasteiger charge is -2.12. The zero-order valence-corrected chi connectivity index (χ0v) is 11.8. The Morgan fingerprint density at radius 3 is 2.47 bits per heavy atom. The molecular weight excluding hydrogens is 234 g/mol. The lowest BCUT2D eigenvalue weighted by molar-refractivity contribution is 0.414. The fraction of sp³-hybridized carbons (Fsp3) is 0.462. The minimum Gasteiger partial charge on any atom is -0.497 e. The molecule has 0 aliphatic heterocycles. The molecule has 0 heterocycles. The Hall–Kier alpha value is -1.16. The highest BCUT2D eigenvalue weighted by molar-refractivity contribution is 7.85. The molecular formula is C13H19NO2S. The van der Waals surface area contributed by atoms with E-state index in [1.165, 1.54) is 0 Å². The molecule has 0 radical (unpaired) electrons. The van der Waals surface area contributed by atoms with E-state index in [1.54, 1.807) is 13.3 Å². The smallest absolute Gasteiger partial charge is 0.144 e. The highest BCUT2D eigenvalue weighted by atomic mass is 32.2. The van der Waals surface area contributed by atoms with Gasteiger partial charge < -0.3 is 4.74 Å². The molecule has 94 valence electrons. The van der Waals surface area contributed by atoms with E-state index in [2.05, 4.69) is 4.40 Å². The number of hydrogen-bond donors (Lipinski definition) is 0. The predicted molar refractivity (Wildman–Crippen MR) is 73.2 cm³/mol. The van der Waals surface area contributed by atoms with Gasteiger partial charge in [0, 0.05) is 6.21 Å². The van der Waals surface area contributed by atoms with Crippen LogP contribution in [0.2, 0.25) is 0 Å². The molecule has 0 aliphatic rings. The summed E-state index contributed by atoms with van der Waals surface area (Å²) in [5.74, 6) is 0.816. The molecule has 0 aliphatic carbocycles. The zero-order chi connectivity index (χ0) is 13.1. The maximum atomic E-state index is 11.8. The summed E-state index contributed by atoms with van der Waals surface area (Å²) in [5, 5.41) is 0. The van der Waals surface area contributed by atoms with Crippen LogP contribution < -0.4 is 4.74 Å². The van der Waals surface area contributed by atoms with Crippen LogP contribution in [-0.4, -0.2) is 22.3 Å². The van der Waals surface area contributed by atoms with E-state index in [0.29, 0.717) is 0 Å². The molecule has 1 aromatic rings. The van der Waals surface area contributed by atoms with Gasteiger partial charge in [-0.3, -0.25) is 0 Å². The van der Waals surface area contributed by atoms with Gasteiger partial charge in [0.05, 0.1) is 11.9 Å². The van der Waals surface area contributed by atoms with Crippen molar-refractivity contribution in [2.75, 3.05) is 7.11 Å². The number of methoxy groups -OCH3 is 1. The Morgan fingerprint density at radius 1 is 1.35 bits per heavy atom. The van der Waals surface area contributed by atoms with Gasteiger partial charge in [-0.25, -0.2) is 4.21 Å². The van der Waals surface area contributed by atoms with E-state index in [-0.39, 0.29) is 4.75 Å². The number of nitrogens with zero attached hydrogens (tertiary/aromatic N) is 1. The summed E-state index contributed by atoms with van der Waals surface area (Å²) in [6, 6.07) is 5.72. The second kappa shape index (κ2) is 5.45. The summed E-state index contributed by atoms with van der Waals surface area (Å²) in [6.07, 6.45) is 1.66. The van der Waals surface area contributed by atoms with Crippen molar-refractivity contribution in [2.45, 2.75) is 32.4 Å². The van der Waals surface area contributed by atoms with E-state index in [9.17, 15) is 4.21 Å². The van der Waals surface area contributed by atoms with Gasteiger partial charge in [-0.15, -0.1) is 0 Å². The van der Waals surface area contributed by atoms with Crippen LogP contribution in [0.15, 0.2) is 22.6 Å². The second-order valence-electron chi connectivity index (χ2n) is 4.82. The van der Waals surface area contributed by atoms with Crippen molar-refractivity contribution in [3.8, 4) is 5.75 Å². The Labute approximate surface area is 106 Å². The molecule has 1 rings (SSSR count). The maximum Gasteiger partial charge on any atom is 0.144 e. The number of ether oxygens (including phenoxy) is 1. The van der Waals surface area contributed by atoms with Crippen LogP contribution >= 0.6 is 0 Å². The van der Waals surface area contributed by atoms with E-state index in [0.717, 1.165) is 16.9 Å².